The Morgan fingerprint density at radius 3 is 2.22 bits per heavy atom. The number of nitrogens with one attached hydrogen (secondary N) is 2. The Morgan fingerprint density at radius 1 is 1.13 bits per heavy atom. The van der Waals surface area contributed by atoms with Crippen molar-refractivity contribution in [3.8, 4) is 5.75 Å². The van der Waals surface area contributed by atoms with Crippen molar-refractivity contribution in [3.63, 3.8) is 0 Å². The van der Waals surface area contributed by atoms with Crippen LogP contribution in [-0.2, 0) is 15.1 Å². The van der Waals surface area contributed by atoms with Gasteiger partial charge in [0.1, 0.15) is 5.84 Å². The summed E-state index contributed by atoms with van der Waals surface area (Å²) in [5, 5.41) is 28.2. The van der Waals surface area contributed by atoms with Crippen LogP contribution in [0, 0.1) is 5.41 Å². The minimum atomic E-state index is -3.80. The van der Waals surface area contributed by atoms with Gasteiger partial charge in [-0.1, -0.05) is 12.1 Å². The van der Waals surface area contributed by atoms with Crippen molar-refractivity contribution in [1.29, 1.82) is 5.41 Å². The molecule has 1 unspecified atom stereocenters. The molecule has 8 heteroatoms. The summed E-state index contributed by atoms with van der Waals surface area (Å²) in [6.45, 7) is -0.227. The Labute approximate surface area is 134 Å². The van der Waals surface area contributed by atoms with Crippen molar-refractivity contribution in [2.24, 2.45) is 5.73 Å². The van der Waals surface area contributed by atoms with E-state index in [1.54, 1.807) is 0 Å². The first-order chi connectivity index (χ1) is 10.8. The monoisotopic (exact) mass is 334 g/mol. The van der Waals surface area contributed by atoms with Gasteiger partial charge in [-0.3, -0.25) is 10.5 Å². The molecule has 2 aromatic carbocycles. The average molecular weight is 334 g/mol. The Balaban J connectivity index is 2.06. The molecule has 0 amide bonds. The molecule has 0 heterocycles. The van der Waals surface area contributed by atoms with Gasteiger partial charge in [0.05, 0.1) is 11.0 Å². The van der Waals surface area contributed by atoms with E-state index in [0.717, 1.165) is 0 Å². The molecular weight excluding hydrogens is 318 g/mol. The number of aliphatic hydroxyl groups is 1. The molecule has 7 nitrogen and oxygen atoms in total. The van der Waals surface area contributed by atoms with Gasteiger partial charge < -0.3 is 10.8 Å². The zero-order chi connectivity index (χ0) is 17.0. The first-order valence-corrected chi connectivity index (χ1v) is 8.17. The lowest BCUT2D eigenvalue weighted by Crippen LogP contribution is -2.28. The number of aliphatic hydroxyl groups excluding tert-OH is 1. The molecular formula is C15H16N3O4S. The highest BCUT2D eigenvalue weighted by atomic mass is 32.2. The SMILES string of the molecule is N=C(N)c1ccc(S(=O)(=O)NCC(O)c2ccc([O])cc2)cc1. The van der Waals surface area contributed by atoms with Gasteiger partial charge in [-0.15, -0.1) is 0 Å². The molecule has 0 aliphatic rings. The second-order valence-electron chi connectivity index (χ2n) is 4.87. The molecule has 0 aliphatic heterocycles. The van der Waals surface area contributed by atoms with E-state index in [2.05, 4.69) is 4.72 Å². The van der Waals surface area contributed by atoms with Crippen LogP contribution in [0.3, 0.4) is 0 Å². The molecule has 1 atom stereocenters. The summed E-state index contributed by atoms with van der Waals surface area (Å²) in [5.74, 6) is -0.341. The van der Waals surface area contributed by atoms with Gasteiger partial charge in [-0.25, -0.2) is 13.1 Å². The van der Waals surface area contributed by atoms with E-state index in [1.165, 1.54) is 48.5 Å². The summed E-state index contributed by atoms with van der Waals surface area (Å²) >= 11 is 0. The number of rotatable bonds is 6. The third-order valence-electron chi connectivity index (χ3n) is 3.21. The Kier molecular flexibility index (Phi) is 4.99. The van der Waals surface area contributed by atoms with Crippen molar-refractivity contribution >= 4 is 15.9 Å². The third kappa shape index (κ3) is 4.28. The number of benzene rings is 2. The van der Waals surface area contributed by atoms with Crippen molar-refractivity contribution in [2.75, 3.05) is 6.54 Å². The number of nitrogens with two attached hydrogens (primary N) is 1. The highest BCUT2D eigenvalue weighted by Crippen LogP contribution is 2.17. The first kappa shape index (κ1) is 16.9. The van der Waals surface area contributed by atoms with Crippen molar-refractivity contribution in [2.45, 2.75) is 11.0 Å². The van der Waals surface area contributed by atoms with E-state index in [0.29, 0.717) is 11.1 Å². The van der Waals surface area contributed by atoms with Crippen molar-refractivity contribution in [3.05, 3.63) is 59.7 Å². The van der Waals surface area contributed by atoms with Crippen molar-refractivity contribution < 1.29 is 18.6 Å². The normalized spacial score (nSPS) is 12.7. The maximum absolute atomic E-state index is 12.1. The van der Waals surface area contributed by atoms with Crippen molar-refractivity contribution in [1.82, 2.24) is 4.72 Å². The second-order valence-corrected chi connectivity index (χ2v) is 6.64. The van der Waals surface area contributed by atoms with Crippen LogP contribution in [0.5, 0.6) is 5.75 Å². The second kappa shape index (κ2) is 6.78. The van der Waals surface area contributed by atoms with E-state index in [-0.39, 0.29) is 23.0 Å². The van der Waals surface area contributed by atoms with E-state index < -0.39 is 16.1 Å². The van der Waals surface area contributed by atoms with Gasteiger partial charge in [0.2, 0.25) is 10.0 Å². The Bertz CT molecular complexity index is 786. The quantitative estimate of drug-likeness (QED) is 0.465. The van der Waals surface area contributed by atoms with Gasteiger partial charge in [-0.2, -0.15) is 0 Å². The van der Waals surface area contributed by atoms with Crippen LogP contribution in [0.1, 0.15) is 17.2 Å². The standard InChI is InChI=1S/C15H16N3O4S/c16-15(17)11-3-7-13(8-4-11)23(21,22)18-9-14(20)10-1-5-12(19)6-2-10/h1-8,14,18,20H,9H2,(H3,16,17). The minimum absolute atomic E-state index is 0.00426. The molecule has 0 bridgehead atoms. The number of hydrogen-bond acceptors (Lipinski definition) is 4. The van der Waals surface area contributed by atoms with Gasteiger partial charge in [0.25, 0.3) is 0 Å². The molecule has 23 heavy (non-hydrogen) atoms. The molecule has 0 fully saturated rings. The van der Waals surface area contributed by atoms with Crippen LogP contribution in [0.2, 0.25) is 0 Å². The Hall–Kier alpha value is -2.42. The molecule has 2 aromatic rings. The van der Waals surface area contributed by atoms with Gasteiger partial charge >= 0.3 is 0 Å². The lowest BCUT2D eigenvalue weighted by Gasteiger charge is -2.13. The fourth-order valence-electron chi connectivity index (χ4n) is 1.89. The molecule has 0 saturated carbocycles. The zero-order valence-corrected chi connectivity index (χ0v) is 12.9. The van der Waals surface area contributed by atoms with Crippen LogP contribution in [0.25, 0.3) is 0 Å². The van der Waals surface area contributed by atoms with Gasteiger partial charge in [-0.05, 0) is 42.0 Å². The molecule has 0 saturated heterocycles. The van der Waals surface area contributed by atoms with Crippen LogP contribution in [0.15, 0.2) is 53.4 Å². The summed E-state index contributed by atoms with van der Waals surface area (Å²) in [6, 6.07) is 11.0. The summed E-state index contributed by atoms with van der Waals surface area (Å²) in [4.78, 5) is 0.00426. The average Bonchev–Trinajstić information content (AvgIpc) is 2.53. The smallest absolute Gasteiger partial charge is 0.240 e. The summed E-state index contributed by atoms with van der Waals surface area (Å²) in [5.41, 5.74) is 6.17. The minimum Gasteiger partial charge on any atom is -0.387 e. The molecule has 121 valence electrons. The molecule has 2 rings (SSSR count). The molecule has 0 aliphatic carbocycles. The van der Waals surface area contributed by atoms with Crippen LogP contribution in [0.4, 0.5) is 0 Å². The number of amidine groups is 1. The lowest BCUT2D eigenvalue weighted by atomic mass is 10.1. The van der Waals surface area contributed by atoms with E-state index in [1.807, 2.05) is 0 Å². The zero-order valence-electron chi connectivity index (χ0n) is 12.1. The molecule has 0 aromatic heterocycles. The molecule has 1 radical (unpaired) electrons. The predicted molar refractivity (Wildman–Crippen MR) is 84.2 cm³/mol. The third-order valence-corrected chi connectivity index (χ3v) is 4.65. The number of nitrogen functional groups attached to an aromatic ring is 1. The Morgan fingerprint density at radius 2 is 1.70 bits per heavy atom. The highest BCUT2D eigenvalue weighted by molar-refractivity contribution is 7.89. The van der Waals surface area contributed by atoms with Crippen LogP contribution < -0.4 is 10.5 Å². The van der Waals surface area contributed by atoms with Gasteiger partial charge in [0, 0.05) is 12.1 Å². The molecule has 5 N–H and O–H groups in total. The highest BCUT2D eigenvalue weighted by Gasteiger charge is 2.17. The maximum Gasteiger partial charge on any atom is 0.240 e. The first-order valence-electron chi connectivity index (χ1n) is 6.69. The fraction of sp³-hybridized carbons (Fsp3) is 0.133. The van der Waals surface area contributed by atoms with E-state index >= 15 is 0 Å². The van der Waals surface area contributed by atoms with E-state index in [9.17, 15) is 18.6 Å². The topological polar surface area (TPSA) is 136 Å². The summed E-state index contributed by atoms with van der Waals surface area (Å²) in [7, 11) is -3.80. The number of sulfonamides is 1. The van der Waals surface area contributed by atoms with Crippen LogP contribution in [-0.4, -0.2) is 25.9 Å². The lowest BCUT2D eigenvalue weighted by molar-refractivity contribution is 0.182. The van der Waals surface area contributed by atoms with E-state index in [4.69, 9.17) is 11.1 Å². The predicted octanol–water partition coefficient (Wildman–Crippen LogP) is 1.13. The largest absolute Gasteiger partial charge is 0.387 e. The van der Waals surface area contributed by atoms with Gasteiger partial charge in [0.15, 0.2) is 5.75 Å². The number of hydrogen-bond donors (Lipinski definition) is 4. The fourth-order valence-corrected chi connectivity index (χ4v) is 2.93. The maximum atomic E-state index is 12.1. The van der Waals surface area contributed by atoms with Crippen LogP contribution >= 0.6 is 0 Å². The summed E-state index contributed by atoms with van der Waals surface area (Å²) < 4.78 is 26.6. The summed E-state index contributed by atoms with van der Waals surface area (Å²) in [6.07, 6.45) is -1.07. The molecule has 0 spiro atoms.